The van der Waals surface area contributed by atoms with Crippen molar-refractivity contribution in [3.63, 3.8) is 0 Å². The van der Waals surface area contributed by atoms with E-state index in [1.54, 1.807) is 14.2 Å². The van der Waals surface area contributed by atoms with Gasteiger partial charge in [0, 0.05) is 22.3 Å². The lowest BCUT2D eigenvalue weighted by Crippen LogP contribution is -2.56. The predicted molar refractivity (Wildman–Crippen MR) is 128 cm³/mol. The third-order valence-electron chi connectivity index (χ3n) is 9.57. The first kappa shape index (κ1) is 23.9. The van der Waals surface area contributed by atoms with Crippen LogP contribution in [-0.4, -0.2) is 48.3 Å². The molecule has 2 bridgehead atoms. The van der Waals surface area contributed by atoms with E-state index in [-0.39, 0.29) is 24.0 Å². The number of hydrogen-bond donors (Lipinski definition) is 2. The molecule has 0 amide bonds. The Bertz CT molecular complexity index is 983. The molecule has 1 heterocycles. The van der Waals surface area contributed by atoms with Crippen LogP contribution >= 0.6 is 0 Å². The van der Waals surface area contributed by atoms with E-state index >= 15 is 0 Å². The van der Waals surface area contributed by atoms with E-state index < -0.39 is 28.8 Å². The lowest BCUT2D eigenvalue weighted by atomic mass is 9.58. The molecule has 1 aromatic rings. The predicted octanol–water partition coefficient (Wildman–Crippen LogP) is 4.52. The molecule has 186 valence electrons. The smallest absolute Gasteiger partial charge is 0.184 e. The summed E-state index contributed by atoms with van der Waals surface area (Å²) in [5.41, 5.74) is -0.397. The summed E-state index contributed by atoms with van der Waals surface area (Å²) >= 11 is 0. The Labute approximate surface area is 202 Å². The Balaban J connectivity index is 1.66. The fourth-order valence-electron chi connectivity index (χ4n) is 7.18. The Morgan fingerprint density at radius 2 is 1.74 bits per heavy atom. The van der Waals surface area contributed by atoms with Crippen LogP contribution < -0.4 is 4.74 Å². The van der Waals surface area contributed by atoms with Gasteiger partial charge >= 0.3 is 0 Å². The van der Waals surface area contributed by atoms with Gasteiger partial charge in [0.15, 0.2) is 6.29 Å². The zero-order chi connectivity index (χ0) is 24.5. The third kappa shape index (κ3) is 3.15. The molecule has 0 spiro atoms. The molecule has 1 saturated heterocycles. The highest BCUT2D eigenvalue weighted by Crippen LogP contribution is 2.62. The van der Waals surface area contributed by atoms with Crippen LogP contribution in [0.4, 0.5) is 0 Å². The van der Waals surface area contributed by atoms with Gasteiger partial charge in [0.1, 0.15) is 17.1 Å². The van der Waals surface area contributed by atoms with Crippen molar-refractivity contribution in [2.75, 3.05) is 14.2 Å². The second-order valence-corrected chi connectivity index (χ2v) is 11.3. The lowest BCUT2D eigenvalue weighted by Gasteiger charge is -2.50. The molecule has 1 aromatic carbocycles. The largest absolute Gasteiger partial charge is 0.498 e. The standard InChI is InChI=1S/C28H38O6/c1-16-7-12-21(29)27(4)20(16)15-22(32-6)28(30)14-13-19(26(28,2)3)23-24(27)34-25(33-23)17-8-10-18(31-5)11-9-17/h8-11,15,19-21,23-25,29-30H,1,7,12-14H2,2-6H3/b22-15+/t19-,20-,21+,23-,24+,25-,27+,28-/m1/s1. The number of benzene rings is 1. The van der Waals surface area contributed by atoms with Gasteiger partial charge in [-0.1, -0.05) is 45.1 Å². The maximum Gasteiger partial charge on any atom is 0.184 e. The normalized spacial score (nSPS) is 44.7. The van der Waals surface area contributed by atoms with Gasteiger partial charge in [0.25, 0.3) is 0 Å². The average molecular weight is 471 g/mol. The molecule has 8 atom stereocenters. The first-order valence-electron chi connectivity index (χ1n) is 12.4. The van der Waals surface area contributed by atoms with E-state index in [0.29, 0.717) is 18.6 Å². The van der Waals surface area contributed by atoms with Crippen LogP contribution in [0.1, 0.15) is 58.3 Å². The number of aliphatic hydroxyl groups excluding tert-OH is 1. The lowest BCUT2D eigenvalue weighted by molar-refractivity contribution is -0.129. The van der Waals surface area contributed by atoms with Gasteiger partial charge in [-0.25, -0.2) is 0 Å². The highest BCUT2D eigenvalue weighted by Gasteiger charge is 2.66. The Kier molecular flexibility index (Phi) is 5.68. The fourth-order valence-corrected chi connectivity index (χ4v) is 7.18. The van der Waals surface area contributed by atoms with E-state index in [1.165, 1.54) is 0 Å². The number of methoxy groups -OCH3 is 2. The van der Waals surface area contributed by atoms with Crippen LogP contribution in [0.5, 0.6) is 5.75 Å². The van der Waals surface area contributed by atoms with E-state index in [9.17, 15) is 10.2 Å². The van der Waals surface area contributed by atoms with Crippen LogP contribution in [0.25, 0.3) is 0 Å². The molecule has 34 heavy (non-hydrogen) atoms. The monoisotopic (exact) mass is 470 g/mol. The van der Waals surface area contributed by atoms with Crippen molar-refractivity contribution in [3.05, 3.63) is 53.8 Å². The van der Waals surface area contributed by atoms with Crippen LogP contribution in [0.15, 0.2) is 48.3 Å². The number of rotatable bonds is 3. The van der Waals surface area contributed by atoms with Crippen LogP contribution in [0.2, 0.25) is 0 Å². The maximum atomic E-state index is 12.0. The zero-order valence-electron chi connectivity index (χ0n) is 20.9. The van der Waals surface area contributed by atoms with Crippen molar-refractivity contribution in [1.29, 1.82) is 0 Å². The summed E-state index contributed by atoms with van der Waals surface area (Å²) in [5, 5.41) is 23.5. The zero-order valence-corrected chi connectivity index (χ0v) is 20.9. The van der Waals surface area contributed by atoms with E-state index in [2.05, 4.69) is 27.4 Å². The minimum absolute atomic E-state index is 0.0160. The molecule has 6 heteroatoms. The molecular weight excluding hydrogens is 432 g/mol. The number of allylic oxidation sites excluding steroid dienone is 2. The van der Waals surface area contributed by atoms with Gasteiger partial charge in [-0.2, -0.15) is 0 Å². The topological polar surface area (TPSA) is 77.4 Å². The van der Waals surface area contributed by atoms with Crippen LogP contribution in [0, 0.1) is 22.7 Å². The van der Waals surface area contributed by atoms with Gasteiger partial charge < -0.3 is 29.2 Å². The molecule has 5 rings (SSSR count). The number of fused-ring (bicyclic) bond motifs is 6. The average Bonchev–Trinajstić information content (AvgIpc) is 3.36. The van der Waals surface area contributed by atoms with Crippen LogP contribution in [0.3, 0.4) is 0 Å². The van der Waals surface area contributed by atoms with Crippen molar-refractivity contribution in [2.24, 2.45) is 22.7 Å². The fraction of sp³-hybridized carbons (Fsp3) is 0.643. The highest BCUT2D eigenvalue weighted by molar-refractivity contribution is 5.33. The molecule has 2 N–H and O–H groups in total. The van der Waals surface area contributed by atoms with Gasteiger partial charge in [-0.05, 0) is 49.8 Å². The molecule has 4 aliphatic rings. The minimum atomic E-state index is -1.13. The van der Waals surface area contributed by atoms with Gasteiger partial charge in [-0.3, -0.25) is 0 Å². The Morgan fingerprint density at radius 3 is 2.38 bits per heavy atom. The van der Waals surface area contributed by atoms with E-state index in [4.69, 9.17) is 18.9 Å². The van der Waals surface area contributed by atoms with Gasteiger partial charge in [-0.15, -0.1) is 0 Å². The van der Waals surface area contributed by atoms with Gasteiger partial charge in [0.2, 0.25) is 0 Å². The molecule has 3 fully saturated rings. The maximum absolute atomic E-state index is 12.0. The minimum Gasteiger partial charge on any atom is -0.498 e. The molecule has 3 aliphatic carbocycles. The van der Waals surface area contributed by atoms with Crippen LogP contribution in [-0.2, 0) is 14.2 Å². The van der Waals surface area contributed by atoms with Crippen molar-refractivity contribution >= 4 is 0 Å². The summed E-state index contributed by atoms with van der Waals surface area (Å²) in [6, 6.07) is 7.73. The first-order valence-corrected chi connectivity index (χ1v) is 12.4. The number of hydrogen-bond acceptors (Lipinski definition) is 6. The summed E-state index contributed by atoms with van der Waals surface area (Å²) in [6.45, 7) is 10.7. The Morgan fingerprint density at radius 1 is 1.03 bits per heavy atom. The molecular formula is C28H38O6. The second-order valence-electron chi connectivity index (χ2n) is 11.3. The van der Waals surface area contributed by atoms with E-state index in [1.807, 2.05) is 30.3 Å². The summed E-state index contributed by atoms with van der Waals surface area (Å²) in [6.07, 6.45) is 2.89. The molecule has 0 unspecified atom stereocenters. The molecule has 1 aliphatic heterocycles. The van der Waals surface area contributed by atoms with Crippen molar-refractivity contribution in [1.82, 2.24) is 0 Å². The van der Waals surface area contributed by atoms with Gasteiger partial charge in [0.05, 0.1) is 32.5 Å². The molecule has 6 nitrogen and oxygen atoms in total. The third-order valence-corrected chi connectivity index (χ3v) is 9.57. The number of aliphatic hydroxyl groups is 2. The quantitative estimate of drug-likeness (QED) is 0.633. The Hall–Kier alpha value is -1.86. The summed E-state index contributed by atoms with van der Waals surface area (Å²) in [5.74, 6) is 1.14. The first-order chi connectivity index (χ1) is 16.1. The summed E-state index contributed by atoms with van der Waals surface area (Å²) < 4.78 is 24.6. The second kappa shape index (κ2) is 8.09. The van der Waals surface area contributed by atoms with Crippen molar-refractivity contribution in [3.8, 4) is 5.75 Å². The summed E-state index contributed by atoms with van der Waals surface area (Å²) in [4.78, 5) is 0. The summed E-state index contributed by atoms with van der Waals surface area (Å²) in [7, 11) is 3.27. The molecule has 0 aromatic heterocycles. The number of ether oxygens (including phenoxy) is 4. The highest BCUT2D eigenvalue weighted by atomic mass is 16.7. The molecule has 0 radical (unpaired) electrons. The van der Waals surface area contributed by atoms with E-state index in [0.717, 1.165) is 29.7 Å². The SMILES string of the molecule is C=C1CC[C@H](O)[C@]2(C)[C@@H]1/C=C(/OC)[C@]1(O)CC[C@H]([C@H]3O[C@@H](c4ccc(OC)cc4)O[C@@H]32)C1(C)C. The molecule has 2 saturated carbocycles. The van der Waals surface area contributed by atoms with Crippen molar-refractivity contribution < 1.29 is 29.2 Å². The van der Waals surface area contributed by atoms with Crippen molar-refractivity contribution in [2.45, 2.75) is 76.7 Å².